The molecule has 0 bridgehead atoms. The Bertz CT molecular complexity index is 881. The van der Waals surface area contributed by atoms with Gasteiger partial charge < -0.3 is 5.32 Å². The molecule has 7 heteroatoms. The molecule has 0 spiro atoms. The lowest BCUT2D eigenvalue weighted by Gasteiger charge is -2.23. The molecule has 0 aromatic heterocycles. The van der Waals surface area contributed by atoms with E-state index in [1.54, 1.807) is 24.3 Å². The smallest absolute Gasteiger partial charge is 0.243 e. The molecule has 1 atom stereocenters. The molecule has 0 saturated carbocycles. The highest BCUT2D eigenvalue weighted by Gasteiger charge is 2.27. The van der Waals surface area contributed by atoms with Crippen molar-refractivity contribution in [3.8, 4) is 0 Å². The van der Waals surface area contributed by atoms with E-state index in [0.717, 1.165) is 28.4 Å². The van der Waals surface area contributed by atoms with Crippen LogP contribution in [-0.4, -0.2) is 31.2 Å². The van der Waals surface area contributed by atoms with E-state index in [9.17, 15) is 13.2 Å². The lowest BCUT2D eigenvalue weighted by molar-refractivity contribution is -0.122. The van der Waals surface area contributed by atoms with Gasteiger partial charge in [0.1, 0.15) is 0 Å². The molecule has 0 aliphatic rings. The van der Waals surface area contributed by atoms with E-state index in [1.165, 1.54) is 4.31 Å². The monoisotopic (exact) mass is 466 g/mol. The fourth-order valence-corrected chi connectivity index (χ4v) is 4.51. The van der Waals surface area contributed by atoms with Crippen LogP contribution in [0.3, 0.4) is 0 Å². The van der Waals surface area contributed by atoms with Crippen molar-refractivity contribution in [1.29, 1.82) is 0 Å². The van der Waals surface area contributed by atoms with E-state index in [-0.39, 0.29) is 29.9 Å². The largest absolute Gasteiger partial charge is 0.353 e. The molecule has 1 N–H and O–H groups in total. The van der Waals surface area contributed by atoms with E-state index in [0.29, 0.717) is 0 Å². The van der Waals surface area contributed by atoms with Crippen molar-refractivity contribution in [3.05, 3.63) is 64.1 Å². The molecule has 2 aromatic carbocycles. The maximum absolute atomic E-state index is 13.2. The number of halogens is 1. The number of amides is 1. The van der Waals surface area contributed by atoms with Crippen LogP contribution in [0.1, 0.15) is 37.8 Å². The van der Waals surface area contributed by atoms with E-state index in [1.807, 2.05) is 45.0 Å². The van der Waals surface area contributed by atoms with Gasteiger partial charge in [-0.15, -0.1) is 0 Å². The average Bonchev–Trinajstić information content (AvgIpc) is 2.63. The first-order chi connectivity index (χ1) is 13.2. The normalized spacial score (nSPS) is 12.8. The van der Waals surface area contributed by atoms with Gasteiger partial charge in [0.2, 0.25) is 15.9 Å². The van der Waals surface area contributed by atoms with E-state index in [2.05, 4.69) is 21.2 Å². The van der Waals surface area contributed by atoms with Gasteiger partial charge in [0.15, 0.2) is 0 Å². The second kappa shape index (κ2) is 10.2. The Labute approximate surface area is 176 Å². The van der Waals surface area contributed by atoms with Crippen LogP contribution < -0.4 is 5.32 Å². The van der Waals surface area contributed by atoms with Gasteiger partial charge in [-0.3, -0.25) is 4.79 Å². The van der Waals surface area contributed by atoms with Crippen molar-refractivity contribution in [2.24, 2.45) is 0 Å². The zero-order valence-electron chi connectivity index (χ0n) is 16.5. The van der Waals surface area contributed by atoms with Gasteiger partial charge in [0, 0.05) is 17.1 Å². The molecule has 152 valence electrons. The van der Waals surface area contributed by atoms with Crippen LogP contribution in [0.15, 0.2) is 57.9 Å². The van der Waals surface area contributed by atoms with E-state index >= 15 is 0 Å². The van der Waals surface area contributed by atoms with Gasteiger partial charge in [-0.2, -0.15) is 4.31 Å². The fourth-order valence-electron chi connectivity index (χ4n) is 2.86. The number of rotatable bonds is 9. The molecular formula is C21H27BrN2O3S. The van der Waals surface area contributed by atoms with Gasteiger partial charge in [0.25, 0.3) is 0 Å². The summed E-state index contributed by atoms with van der Waals surface area (Å²) in [6, 6.07) is 14.1. The van der Waals surface area contributed by atoms with Gasteiger partial charge in [0.05, 0.1) is 11.4 Å². The van der Waals surface area contributed by atoms with Crippen molar-refractivity contribution in [2.45, 2.75) is 51.1 Å². The summed E-state index contributed by atoms with van der Waals surface area (Å²) in [5.74, 6) is -0.297. The zero-order chi connectivity index (χ0) is 20.7. The molecule has 0 fully saturated rings. The van der Waals surface area contributed by atoms with E-state index < -0.39 is 10.0 Å². The molecule has 0 radical (unpaired) electrons. The Morgan fingerprint density at radius 3 is 2.29 bits per heavy atom. The SMILES string of the molecule is CCC[C@H](C)NC(=O)CN(Cc1ccc(C)cc1)S(=O)(=O)c1ccc(Br)cc1. The topological polar surface area (TPSA) is 66.5 Å². The third-order valence-corrected chi connectivity index (χ3v) is 6.71. The summed E-state index contributed by atoms with van der Waals surface area (Å²) in [7, 11) is -3.82. The van der Waals surface area contributed by atoms with Gasteiger partial charge in [-0.05, 0) is 50.1 Å². The summed E-state index contributed by atoms with van der Waals surface area (Å²) in [6.45, 7) is 5.86. The second-order valence-corrected chi connectivity index (χ2v) is 9.82. The standard InChI is InChI=1S/C21H27BrN2O3S/c1-4-5-17(3)23-21(25)15-24(14-18-8-6-16(2)7-9-18)28(26,27)20-12-10-19(22)11-13-20/h6-13,17H,4-5,14-15H2,1-3H3,(H,23,25)/t17-/m0/s1. The predicted molar refractivity (Wildman–Crippen MR) is 115 cm³/mol. The number of benzene rings is 2. The summed E-state index contributed by atoms with van der Waals surface area (Å²) in [5.41, 5.74) is 1.93. The summed E-state index contributed by atoms with van der Waals surface area (Å²) < 4.78 is 28.4. The van der Waals surface area contributed by atoms with Crippen LogP contribution in [-0.2, 0) is 21.4 Å². The van der Waals surface area contributed by atoms with Crippen LogP contribution in [0.25, 0.3) is 0 Å². The lowest BCUT2D eigenvalue weighted by Crippen LogP contribution is -2.43. The average molecular weight is 467 g/mol. The molecule has 0 aliphatic carbocycles. The third kappa shape index (κ3) is 6.43. The van der Waals surface area contributed by atoms with Crippen LogP contribution in [0.4, 0.5) is 0 Å². The van der Waals surface area contributed by atoms with Crippen molar-refractivity contribution < 1.29 is 13.2 Å². The number of hydrogen-bond donors (Lipinski definition) is 1. The number of carbonyl (C=O) groups excluding carboxylic acids is 1. The molecule has 2 rings (SSSR count). The molecular weight excluding hydrogens is 440 g/mol. The van der Waals surface area contributed by atoms with Crippen molar-refractivity contribution in [2.75, 3.05) is 6.54 Å². The Balaban J connectivity index is 2.27. The van der Waals surface area contributed by atoms with Crippen molar-refractivity contribution in [3.63, 3.8) is 0 Å². The first-order valence-corrected chi connectivity index (χ1v) is 11.6. The van der Waals surface area contributed by atoms with Crippen LogP contribution in [0, 0.1) is 6.92 Å². The number of carbonyl (C=O) groups is 1. The second-order valence-electron chi connectivity index (χ2n) is 6.97. The zero-order valence-corrected chi connectivity index (χ0v) is 18.9. The number of aryl methyl sites for hydroxylation is 1. The Morgan fingerprint density at radius 2 is 1.71 bits per heavy atom. The van der Waals surface area contributed by atoms with Crippen LogP contribution in [0.5, 0.6) is 0 Å². The van der Waals surface area contributed by atoms with E-state index in [4.69, 9.17) is 0 Å². The molecule has 5 nitrogen and oxygen atoms in total. The van der Waals surface area contributed by atoms with Gasteiger partial charge in [-0.25, -0.2) is 8.42 Å². The first-order valence-electron chi connectivity index (χ1n) is 9.33. The van der Waals surface area contributed by atoms with Crippen LogP contribution in [0.2, 0.25) is 0 Å². The molecule has 0 heterocycles. The molecule has 0 aliphatic heterocycles. The fraction of sp³-hybridized carbons (Fsp3) is 0.381. The molecule has 1 amide bonds. The Morgan fingerprint density at radius 1 is 1.11 bits per heavy atom. The Hall–Kier alpha value is -1.70. The summed E-state index contributed by atoms with van der Waals surface area (Å²) in [4.78, 5) is 12.7. The lowest BCUT2D eigenvalue weighted by atomic mass is 10.1. The maximum Gasteiger partial charge on any atom is 0.243 e. The molecule has 0 saturated heterocycles. The summed E-state index contributed by atoms with van der Waals surface area (Å²) in [5, 5.41) is 2.89. The number of hydrogen-bond acceptors (Lipinski definition) is 3. The first kappa shape index (κ1) is 22.6. The highest BCUT2D eigenvalue weighted by molar-refractivity contribution is 9.10. The maximum atomic E-state index is 13.2. The minimum absolute atomic E-state index is 0.00843. The highest BCUT2D eigenvalue weighted by Crippen LogP contribution is 2.21. The Kier molecular flexibility index (Phi) is 8.22. The minimum atomic E-state index is -3.82. The number of nitrogens with zero attached hydrogens (tertiary/aromatic N) is 1. The van der Waals surface area contributed by atoms with Crippen molar-refractivity contribution >= 4 is 31.9 Å². The molecule has 0 unspecified atom stereocenters. The van der Waals surface area contributed by atoms with Crippen molar-refractivity contribution in [1.82, 2.24) is 9.62 Å². The molecule has 28 heavy (non-hydrogen) atoms. The summed E-state index contributed by atoms with van der Waals surface area (Å²) in [6.07, 6.45) is 1.80. The number of nitrogens with one attached hydrogen (secondary N) is 1. The van der Waals surface area contributed by atoms with Gasteiger partial charge >= 0.3 is 0 Å². The van der Waals surface area contributed by atoms with Gasteiger partial charge in [-0.1, -0.05) is 59.1 Å². The predicted octanol–water partition coefficient (Wildman–Crippen LogP) is 4.25. The highest BCUT2D eigenvalue weighted by atomic mass is 79.9. The quantitative estimate of drug-likeness (QED) is 0.600. The molecule has 2 aromatic rings. The summed E-state index contributed by atoms with van der Waals surface area (Å²) >= 11 is 3.32. The third-order valence-electron chi connectivity index (χ3n) is 4.38. The number of sulfonamides is 1. The van der Waals surface area contributed by atoms with Crippen LogP contribution >= 0.6 is 15.9 Å². The minimum Gasteiger partial charge on any atom is -0.353 e.